The Balaban J connectivity index is 1.60. The third-order valence-electron chi connectivity index (χ3n) is 7.32. The van der Waals surface area contributed by atoms with E-state index in [2.05, 4.69) is 0 Å². The predicted octanol–water partition coefficient (Wildman–Crippen LogP) is 4.36. The summed E-state index contributed by atoms with van der Waals surface area (Å²) in [6, 6.07) is 0. The molecule has 5 saturated carbocycles. The minimum atomic E-state index is 0.753. The van der Waals surface area contributed by atoms with Crippen molar-refractivity contribution in [2.75, 3.05) is 6.54 Å². The van der Waals surface area contributed by atoms with E-state index in [0.29, 0.717) is 0 Å². The van der Waals surface area contributed by atoms with Gasteiger partial charge in [0.15, 0.2) is 0 Å². The van der Waals surface area contributed by atoms with Gasteiger partial charge in [0.1, 0.15) is 0 Å². The van der Waals surface area contributed by atoms with Gasteiger partial charge in [-0.2, -0.15) is 0 Å². The van der Waals surface area contributed by atoms with Crippen LogP contribution in [0.3, 0.4) is 0 Å². The summed E-state index contributed by atoms with van der Waals surface area (Å²) in [4.78, 5) is 0. The Hall–Kier alpha value is -0.0400. The molecule has 5 aliphatic rings. The van der Waals surface area contributed by atoms with E-state index in [9.17, 15) is 0 Å². The zero-order valence-corrected chi connectivity index (χ0v) is 12.4. The molecule has 2 N–H and O–H groups in total. The molecule has 1 unspecified atom stereocenters. The van der Waals surface area contributed by atoms with E-state index in [1.54, 1.807) is 38.5 Å². The Bertz CT molecular complexity index is 293. The maximum atomic E-state index is 6.02. The highest BCUT2D eigenvalue weighted by Gasteiger charge is 2.55. The first-order valence-electron chi connectivity index (χ1n) is 8.99. The van der Waals surface area contributed by atoms with Gasteiger partial charge in [-0.3, -0.25) is 0 Å². The maximum Gasteiger partial charge on any atom is -0.00743 e. The highest BCUT2D eigenvalue weighted by Crippen LogP contribution is 2.65. The number of rotatable bonds is 4. The van der Waals surface area contributed by atoms with Crippen molar-refractivity contribution in [3.8, 4) is 0 Å². The summed E-state index contributed by atoms with van der Waals surface area (Å²) in [5, 5.41) is 0. The van der Waals surface area contributed by atoms with Crippen LogP contribution in [0.2, 0.25) is 0 Å². The molecule has 0 aliphatic heterocycles. The summed E-state index contributed by atoms with van der Waals surface area (Å²) in [5.41, 5.74) is 6.77. The molecule has 1 heteroatoms. The summed E-state index contributed by atoms with van der Waals surface area (Å²) in [7, 11) is 0. The van der Waals surface area contributed by atoms with Crippen molar-refractivity contribution in [2.24, 2.45) is 40.7 Å². The van der Waals surface area contributed by atoms with Crippen molar-refractivity contribution in [3.63, 3.8) is 0 Å². The number of hydrogen-bond acceptors (Lipinski definition) is 1. The largest absolute Gasteiger partial charge is 0.330 e. The van der Waals surface area contributed by atoms with E-state index >= 15 is 0 Å². The lowest BCUT2D eigenvalue weighted by Crippen LogP contribution is -2.51. The molecule has 1 nitrogen and oxygen atoms in total. The van der Waals surface area contributed by atoms with E-state index in [1.165, 1.54) is 32.1 Å². The van der Waals surface area contributed by atoms with Crippen LogP contribution < -0.4 is 5.73 Å². The van der Waals surface area contributed by atoms with Gasteiger partial charge in [-0.05, 0) is 86.5 Å². The lowest BCUT2D eigenvalue weighted by molar-refractivity contribution is -0.102. The second-order valence-corrected chi connectivity index (χ2v) is 8.51. The van der Waals surface area contributed by atoms with Gasteiger partial charge in [0.25, 0.3) is 0 Å². The molecule has 0 spiro atoms. The van der Waals surface area contributed by atoms with E-state index in [1.807, 2.05) is 0 Å². The molecular formula is C18H31N. The summed E-state index contributed by atoms with van der Waals surface area (Å²) in [6.45, 7) is 0.933. The quantitative estimate of drug-likeness (QED) is 0.799. The minimum Gasteiger partial charge on any atom is -0.330 e. The van der Waals surface area contributed by atoms with E-state index < -0.39 is 0 Å². The van der Waals surface area contributed by atoms with Gasteiger partial charge in [0, 0.05) is 0 Å². The zero-order valence-electron chi connectivity index (χ0n) is 12.4. The van der Waals surface area contributed by atoms with Crippen LogP contribution in [0.15, 0.2) is 0 Å². The summed E-state index contributed by atoms with van der Waals surface area (Å²) >= 11 is 0. The average molecular weight is 261 g/mol. The Morgan fingerprint density at radius 3 is 1.89 bits per heavy atom. The number of hydrogen-bond donors (Lipinski definition) is 1. The highest BCUT2D eigenvalue weighted by molar-refractivity contribution is 5.05. The molecule has 5 fully saturated rings. The molecule has 0 aromatic heterocycles. The Kier molecular flexibility index (Phi) is 3.17. The zero-order chi connectivity index (χ0) is 12.9. The van der Waals surface area contributed by atoms with Gasteiger partial charge in [-0.15, -0.1) is 0 Å². The van der Waals surface area contributed by atoms with Crippen molar-refractivity contribution in [2.45, 2.75) is 70.6 Å². The second-order valence-electron chi connectivity index (χ2n) is 8.51. The van der Waals surface area contributed by atoms with Gasteiger partial charge < -0.3 is 5.73 Å². The monoisotopic (exact) mass is 261 g/mol. The second kappa shape index (κ2) is 4.76. The Labute approximate surface area is 118 Å². The van der Waals surface area contributed by atoms with Crippen LogP contribution in [0.4, 0.5) is 0 Å². The smallest absolute Gasteiger partial charge is 0.00743 e. The van der Waals surface area contributed by atoms with E-state index in [4.69, 9.17) is 5.73 Å². The van der Waals surface area contributed by atoms with Crippen molar-refractivity contribution >= 4 is 0 Å². The van der Waals surface area contributed by atoms with Crippen LogP contribution in [0.5, 0.6) is 0 Å². The predicted molar refractivity (Wildman–Crippen MR) is 79.7 cm³/mol. The first kappa shape index (κ1) is 12.7. The Morgan fingerprint density at radius 2 is 1.42 bits per heavy atom. The first-order chi connectivity index (χ1) is 9.29. The molecular weight excluding hydrogens is 230 g/mol. The maximum absolute atomic E-state index is 6.02. The summed E-state index contributed by atoms with van der Waals surface area (Å²) < 4.78 is 0. The van der Waals surface area contributed by atoms with Gasteiger partial charge in [0.2, 0.25) is 0 Å². The summed E-state index contributed by atoms with van der Waals surface area (Å²) in [5.74, 6) is 5.35. The molecule has 19 heavy (non-hydrogen) atoms. The molecule has 0 amide bonds. The fraction of sp³-hybridized carbons (Fsp3) is 1.00. The standard InChI is InChI=1S/C18H31N/c19-6-5-17(16-3-1-2-4-16)18-10-13-7-14(11-18)9-15(8-13)12-18/h13-17H,1-12,19H2. The van der Waals surface area contributed by atoms with Crippen molar-refractivity contribution in [1.29, 1.82) is 0 Å². The van der Waals surface area contributed by atoms with Crippen LogP contribution in [0.25, 0.3) is 0 Å². The fourth-order valence-corrected chi connectivity index (χ4v) is 7.21. The fourth-order valence-electron chi connectivity index (χ4n) is 7.21. The average Bonchev–Trinajstić information content (AvgIpc) is 2.87. The Morgan fingerprint density at radius 1 is 0.895 bits per heavy atom. The minimum absolute atomic E-state index is 0.753. The van der Waals surface area contributed by atoms with Crippen LogP contribution in [0.1, 0.15) is 70.6 Å². The van der Waals surface area contributed by atoms with Gasteiger partial charge >= 0.3 is 0 Å². The van der Waals surface area contributed by atoms with Crippen LogP contribution in [-0.2, 0) is 0 Å². The molecule has 5 aliphatic carbocycles. The third-order valence-corrected chi connectivity index (χ3v) is 7.32. The van der Waals surface area contributed by atoms with E-state index in [-0.39, 0.29) is 0 Å². The SMILES string of the molecule is NCCC(C1CCCC1)C12CC3CC(CC(C3)C1)C2. The highest BCUT2D eigenvalue weighted by atomic mass is 14.6. The molecule has 0 radical (unpaired) electrons. The lowest BCUT2D eigenvalue weighted by Gasteiger charge is -2.60. The summed E-state index contributed by atoms with van der Waals surface area (Å²) in [6.07, 6.45) is 16.9. The van der Waals surface area contributed by atoms with Gasteiger partial charge in [-0.1, -0.05) is 25.7 Å². The normalized spacial score (nSPS) is 46.9. The molecule has 4 bridgehead atoms. The molecule has 0 saturated heterocycles. The molecule has 0 heterocycles. The van der Waals surface area contributed by atoms with Crippen molar-refractivity contribution in [1.82, 2.24) is 0 Å². The number of nitrogens with two attached hydrogens (primary N) is 1. The molecule has 108 valence electrons. The molecule has 5 rings (SSSR count). The van der Waals surface area contributed by atoms with Crippen LogP contribution >= 0.6 is 0 Å². The lowest BCUT2D eigenvalue weighted by atomic mass is 9.45. The van der Waals surface area contributed by atoms with E-state index in [0.717, 1.165) is 41.5 Å². The third kappa shape index (κ3) is 2.07. The topological polar surface area (TPSA) is 26.0 Å². The van der Waals surface area contributed by atoms with Crippen molar-refractivity contribution < 1.29 is 0 Å². The molecule has 0 aromatic carbocycles. The first-order valence-corrected chi connectivity index (χ1v) is 8.99. The van der Waals surface area contributed by atoms with Crippen molar-refractivity contribution in [3.05, 3.63) is 0 Å². The van der Waals surface area contributed by atoms with Crippen LogP contribution in [0, 0.1) is 35.0 Å². The molecule has 0 aromatic rings. The van der Waals surface area contributed by atoms with Crippen LogP contribution in [-0.4, -0.2) is 6.54 Å². The van der Waals surface area contributed by atoms with Gasteiger partial charge in [-0.25, -0.2) is 0 Å². The molecule has 1 atom stereocenters. The van der Waals surface area contributed by atoms with Gasteiger partial charge in [0.05, 0.1) is 0 Å².